The molecule has 41 heavy (non-hydrogen) atoms. The number of hydrogen-bond acceptors (Lipinski definition) is 11. The van der Waals surface area contributed by atoms with E-state index < -0.39 is 40.9 Å². The van der Waals surface area contributed by atoms with Gasteiger partial charge in [0.2, 0.25) is 11.9 Å². The molecule has 15 nitrogen and oxygen atoms in total. The summed E-state index contributed by atoms with van der Waals surface area (Å²) in [5, 5.41) is 8.32. The number of amidine groups is 1. The first-order valence-electron chi connectivity index (χ1n) is 12.7. The lowest BCUT2D eigenvalue weighted by molar-refractivity contribution is -0.146. The molecular formula is C26H32N8O7. The van der Waals surface area contributed by atoms with Gasteiger partial charge in [0.1, 0.15) is 11.9 Å². The number of ether oxygens (including phenoxy) is 2. The monoisotopic (exact) mass is 568 g/mol. The average molecular weight is 569 g/mol. The molecule has 2 amide bonds. The second kappa shape index (κ2) is 13.4. The van der Waals surface area contributed by atoms with Crippen LogP contribution in [0.5, 0.6) is 0 Å². The van der Waals surface area contributed by atoms with Gasteiger partial charge in [0.25, 0.3) is 11.5 Å². The van der Waals surface area contributed by atoms with Crippen molar-refractivity contribution in [2.45, 2.75) is 58.2 Å². The average Bonchev–Trinajstić information content (AvgIpc) is 3.12. The van der Waals surface area contributed by atoms with Gasteiger partial charge in [-0.25, -0.2) is 14.8 Å². The van der Waals surface area contributed by atoms with Gasteiger partial charge in [-0.2, -0.15) is 4.98 Å². The topological polar surface area (TPSA) is 207 Å². The van der Waals surface area contributed by atoms with Gasteiger partial charge in [0.15, 0.2) is 11.2 Å². The van der Waals surface area contributed by atoms with E-state index in [1.807, 2.05) is 13.8 Å². The van der Waals surface area contributed by atoms with Crippen LogP contribution in [0.2, 0.25) is 0 Å². The number of amides is 2. The molecule has 2 atom stereocenters. The largest absolute Gasteiger partial charge is 0.469 e. The first-order chi connectivity index (χ1) is 19.5. The van der Waals surface area contributed by atoms with Crippen molar-refractivity contribution in [3.8, 4) is 0 Å². The second-order valence-electron chi connectivity index (χ2n) is 9.32. The van der Waals surface area contributed by atoms with Crippen LogP contribution in [0.1, 0.15) is 45.7 Å². The third-order valence-electron chi connectivity index (χ3n) is 6.13. The molecule has 0 saturated carbocycles. The highest BCUT2D eigenvalue weighted by molar-refractivity contribution is 6.02. The summed E-state index contributed by atoms with van der Waals surface area (Å²) in [5.74, 6) is -1.72. The van der Waals surface area contributed by atoms with E-state index in [1.165, 1.54) is 27.3 Å². The Labute approximate surface area is 234 Å². The molecule has 0 spiro atoms. The van der Waals surface area contributed by atoms with E-state index in [0.29, 0.717) is 18.0 Å². The fourth-order valence-corrected chi connectivity index (χ4v) is 3.77. The van der Waals surface area contributed by atoms with Crippen molar-refractivity contribution in [2.75, 3.05) is 19.5 Å². The number of nitrogens with one attached hydrogen (secondary N) is 4. The normalized spacial score (nSPS) is 18.1. The number of carbonyl (C=O) groups excluding carboxylic acids is 4. The molecule has 0 bridgehead atoms. The predicted molar refractivity (Wildman–Crippen MR) is 148 cm³/mol. The highest BCUT2D eigenvalue weighted by atomic mass is 16.5. The zero-order chi connectivity index (χ0) is 30.2. The Kier molecular flexibility index (Phi) is 10.0. The lowest BCUT2D eigenvalue weighted by Crippen LogP contribution is -2.44. The van der Waals surface area contributed by atoms with E-state index >= 15 is 0 Å². The maximum Gasteiger partial charge on any atom is 0.328 e. The highest BCUT2D eigenvalue weighted by Gasteiger charge is 2.28. The van der Waals surface area contributed by atoms with Gasteiger partial charge in [-0.3, -0.25) is 34.5 Å². The van der Waals surface area contributed by atoms with Crippen LogP contribution in [0.4, 0.5) is 5.95 Å². The fraction of sp³-hybridized carbons (Fsp3) is 0.423. The number of fused-ring (bicyclic) bond motifs is 1. The number of rotatable bonds is 10. The van der Waals surface area contributed by atoms with Gasteiger partial charge >= 0.3 is 11.9 Å². The van der Waals surface area contributed by atoms with Crippen LogP contribution in [0.25, 0.3) is 11.2 Å². The number of carbonyl (C=O) groups is 4. The van der Waals surface area contributed by atoms with Gasteiger partial charge in [-0.1, -0.05) is 6.92 Å². The molecule has 0 aliphatic carbocycles. The number of H-pyrrole nitrogens is 1. The molecule has 218 valence electrons. The standard InChI is InChI=1S/C26H32N8O7/c1-6-26(3)11-15(22(37)31-17(24(39)41-5)8-10-19(36)40-4)7-9-18(34-26)27-12-16-13-28-21-20(30-16)23(38)33-25(32-21)29-14(2)35/h7,9,11,13,17H,6,8,10,12H2,1-5H3,(H,27,34)(H,31,37)(H2,28,29,32,33,35,38). The minimum atomic E-state index is -1.04. The highest BCUT2D eigenvalue weighted by Crippen LogP contribution is 2.19. The smallest absolute Gasteiger partial charge is 0.328 e. The molecule has 0 radical (unpaired) electrons. The van der Waals surface area contributed by atoms with E-state index in [1.54, 1.807) is 18.2 Å². The Hall–Kier alpha value is -4.95. The minimum absolute atomic E-state index is 0.00690. The van der Waals surface area contributed by atoms with Gasteiger partial charge in [0, 0.05) is 18.9 Å². The summed E-state index contributed by atoms with van der Waals surface area (Å²) >= 11 is 0. The molecule has 1 aliphatic heterocycles. The summed E-state index contributed by atoms with van der Waals surface area (Å²) in [4.78, 5) is 80.1. The SMILES string of the molecule is CCC1(C)C=C(C(=O)NC(CCC(=O)OC)C(=O)OC)C=CC(=NCc2cnc3nc(NC(C)=O)[nH]c(=O)c3n2)N1. The van der Waals surface area contributed by atoms with E-state index in [2.05, 4.69) is 45.6 Å². The first kappa shape index (κ1) is 30.6. The first-order valence-corrected chi connectivity index (χ1v) is 12.7. The van der Waals surface area contributed by atoms with Crippen LogP contribution in [0, 0.1) is 0 Å². The molecule has 4 N–H and O–H groups in total. The van der Waals surface area contributed by atoms with Gasteiger partial charge in [-0.15, -0.1) is 0 Å². The van der Waals surface area contributed by atoms with Crippen molar-refractivity contribution in [1.82, 2.24) is 30.6 Å². The number of hydrogen-bond donors (Lipinski definition) is 4. The lowest BCUT2D eigenvalue weighted by Gasteiger charge is -2.27. The van der Waals surface area contributed by atoms with E-state index in [-0.39, 0.29) is 42.1 Å². The Balaban J connectivity index is 1.80. The summed E-state index contributed by atoms with van der Waals surface area (Å²) in [6, 6.07) is -1.04. The Morgan fingerprint density at radius 1 is 1.15 bits per heavy atom. The number of aromatic amines is 1. The van der Waals surface area contributed by atoms with Gasteiger partial charge in [-0.05, 0) is 38.0 Å². The van der Waals surface area contributed by atoms with Crippen molar-refractivity contribution >= 4 is 46.7 Å². The van der Waals surface area contributed by atoms with Crippen molar-refractivity contribution in [3.05, 3.63) is 46.0 Å². The molecule has 2 aromatic heterocycles. The Morgan fingerprint density at radius 3 is 2.56 bits per heavy atom. The predicted octanol–water partition coefficient (Wildman–Crippen LogP) is 0.436. The van der Waals surface area contributed by atoms with Crippen LogP contribution in [0.15, 0.2) is 39.8 Å². The molecule has 0 aromatic carbocycles. The van der Waals surface area contributed by atoms with Gasteiger partial charge in [0.05, 0.1) is 38.2 Å². The third-order valence-corrected chi connectivity index (χ3v) is 6.13. The molecule has 2 unspecified atom stereocenters. The van der Waals surface area contributed by atoms with Gasteiger partial charge < -0.3 is 20.1 Å². The van der Waals surface area contributed by atoms with E-state index in [0.717, 1.165) is 0 Å². The summed E-state index contributed by atoms with van der Waals surface area (Å²) in [7, 11) is 2.43. The number of anilines is 1. The Morgan fingerprint density at radius 2 is 1.90 bits per heavy atom. The summed E-state index contributed by atoms with van der Waals surface area (Å²) in [5.41, 5.74) is -0.526. The molecular weight excluding hydrogens is 536 g/mol. The van der Waals surface area contributed by atoms with Crippen LogP contribution >= 0.6 is 0 Å². The maximum absolute atomic E-state index is 13.1. The van der Waals surface area contributed by atoms with Crippen molar-refractivity contribution in [2.24, 2.45) is 4.99 Å². The Bertz CT molecular complexity index is 1500. The quantitative estimate of drug-likeness (QED) is 0.289. The lowest BCUT2D eigenvalue weighted by atomic mass is 9.95. The van der Waals surface area contributed by atoms with Crippen LogP contribution in [-0.4, -0.2) is 75.3 Å². The third kappa shape index (κ3) is 8.27. The van der Waals surface area contributed by atoms with E-state index in [9.17, 15) is 24.0 Å². The molecule has 2 aromatic rings. The van der Waals surface area contributed by atoms with E-state index in [4.69, 9.17) is 4.74 Å². The second-order valence-corrected chi connectivity index (χ2v) is 9.32. The van der Waals surface area contributed by atoms with Crippen molar-refractivity contribution in [1.29, 1.82) is 0 Å². The molecule has 0 saturated heterocycles. The molecule has 1 aliphatic rings. The zero-order valence-electron chi connectivity index (χ0n) is 23.4. The molecule has 3 heterocycles. The van der Waals surface area contributed by atoms with Crippen molar-refractivity contribution in [3.63, 3.8) is 0 Å². The van der Waals surface area contributed by atoms with Crippen LogP contribution < -0.4 is 21.5 Å². The number of aromatic nitrogens is 4. The minimum Gasteiger partial charge on any atom is -0.469 e. The van der Waals surface area contributed by atoms with Crippen LogP contribution in [-0.2, 0) is 35.2 Å². The van der Waals surface area contributed by atoms with Crippen LogP contribution in [0.3, 0.4) is 0 Å². The molecule has 3 rings (SSSR count). The van der Waals surface area contributed by atoms with Crippen molar-refractivity contribution < 1.29 is 28.7 Å². The molecule has 15 heteroatoms. The summed E-state index contributed by atoms with van der Waals surface area (Å²) < 4.78 is 9.39. The number of esters is 2. The maximum atomic E-state index is 13.1. The molecule has 0 fully saturated rings. The summed E-state index contributed by atoms with van der Waals surface area (Å²) in [6.07, 6.45) is 6.83. The fourth-order valence-electron chi connectivity index (χ4n) is 3.77. The summed E-state index contributed by atoms with van der Waals surface area (Å²) in [6.45, 7) is 5.15. The number of nitrogens with zero attached hydrogens (tertiary/aromatic N) is 4. The zero-order valence-corrected chi connectivity index (χ0v) is 23.4. The number of aliphatic imine (C=N–C) groups is 1. The number of methoxy groups -OCH3 is 2.